The zero-order valence-corrected chi connectivity index (χ0v) is 16.0. The lowest BCUT2D eigenvalue weighted by Gasteiger charge is -2.35. The number of carbonyl (C=O) groups excluding carboxylic acids is 1. The molecule has 144 valence electrons. The minimum Gasteiger partial charge on any atom is -0.353 e. The van der Waals surface area contributed by atoms with Gasteiger partial charge in [-0.25, -0.2) is 19.3 Å². The summed E-state index contributed by atoms with van der Waals surface area (Å²) in [5.74, 6) is 1.57. The normalized spacial score (nSPS) is 14.4. The van der Waals surface area contributed by atoms with Crippen molar-refractivity contribution in [2.75, 3.05) is 31.1 Å². The molecule has 3 aromatic rings. The summed E-state index contributed by atoms with van der Waals surface area (Å²) in [5.41, 5.74) is 0.316. The molecule has 1 amide bonds. The number of piperazine rings is 1. The highest BCUT2D eigenvalue weighted by Crippen LogP contribution is 2.22. The van der Waals surface area contributed by atoms with E-state index in [1.807, 2.05) is 23.8 Å². The molecule has 0 bridgehead atoms. The van der Waals surface area contributed by atoms with Crippen molar-refractivity contribution in [3.8, 4) is 5.82 Å². The standard InChI is InChI=1S/C19H18ClFN6O/c1-13-23-17(11-18(24-13)27-5-4-22-12-27)25-6-8-26(9-7-25)19(28)15-3-2-14(21)10-16(15)20/h2-5,10-12H,6-9H2,1H3. The molecule has 0 aliphatic carbocycles. The fourth-order valence-electron chi connectivity index (χ4n) is 3.20. The van der Waals surface area contributed by atoms with Gasteiger partial charge in [-0.1, -0.05) is 11.6 Å². The lowest BCUT2D eigenvalue weighted by molar-refractivity contribution is 0.0746. The van der Waals surface area contributed by atoms with Crippen LogP contribution in [0.2, 0.25) is 5.02 Å². The second kappa shape index (κ2) is 7.55. The summed E-state index contributed by atoms with van der Waals surface area (Å²) in [6.45, 7) is 4.15. The Balaban J connectivity index is 1.48. The van der Waals surface area contributed by atoms with Gasteiger partial charge in [0.2, 0.25) is 0 Å². The number of anilines is 1. The van der Waals surface area contributed by atoms with Gasteiger partial charge in [-0.05, 0) is 25.1 Å². The predicted octanol–water partition coefficient (Wildman–Crippen LogP) is 2.73. The molecule has 0 spiro atoms. The summed E-state index contributed by atoms with van der Waals surface area (Å²) in [6, 6.07) is 5.74. The van der Waals surface area contributed by atoms with Crippen molar-refractivity contribution in [2.45, 2.75) is 6.92 Å². The van der Waals surface area contributed by atoms with Crippen molar-refractivity contribution in [3.05, 3.63) is 65.2 Å². The van der Waals surface area contributed by atoms with Crippen molar-refractivity contribution in [1.29, 1.82) is 0 Å². The number of aryl methyl sites for hydroxylation is 1. The molecule has 1 aliphatic rings. The van der Waals surface area contributed by atoms with E-state index in [2.05, 4.69) is 19.9 Å². The summed E-state index contributed by atoms with van der Waals surface area (Å²) < 4.78 is 15.1. The highest BCUT2D eigenvalue weighted by Gasteiger charge is 2.25. The van der Waals surface area contributed by atoms with E-state index in [0.717, 1.165) is 17.7 Å². The van der Waals surface area contributed by atoms with Gasteiger partial charge in [-0.15, -0.1) is 0 Å². The third-order valence-corrected chi connectivity index (χ3v) is 4.94. The van der Waals surface area contributed by atoms with Crippen LogP contribution in [-0.4, -0.2) is 56.5 Å². The number of carbonyl (C=O) groups is 1. The highest BCUT2D eigenvalue weighted by molar-refractivity contribution is 6.33. The molecule has 0 saturated carbocycles. The first-order valence-corrected chi connectivity index (χ1v) is 9.22. The Morgan fingerprint density at radius 1 is 1.11 bits per heavy atom. The van der Waals surface area contributed by atoms with Gasteiger partial charge in [-0.3, -0.25) is 9.36 Å². The number of amides is 1. The number of aromatic nitrogens is 4. The third kappa shape index (κ3) is 3.68. The van der Waals surface area contributed by atoms with Crippen LogP contribution in [0, 0.1) is 12.7 Å². The third-order valence-electron chi connectivity index (χ3n) is 4.63. The van der Waals surface area contributed by atoms with Gasteiger partial charge in [0.25, 0.3) is 5.91 Å². The smallest absolute Gasteiger partial charge is 0.255 e. The summed E-state index contributed by atoms with van der Waals surface area (Å²) in [6.07, 6.45) is 5.21. The maximum atomic E-state index is 13.2. The molecule has 1 aliphatic heterocycles. The molecule has 0 N–H and O–H groups in total. The zero-order chi connectivity index (χ0) is 19.7. The van der Waals surface area contributed by atoms with Gasteiger partial charge in [-0.2, -0.15) is 0 Å². The molecular formula is C19H18ClFN6O. The van der Waals surface area contributed by atoms with Crippen LogP contribution >= 0.6 is 11.6 Å². The van der Waals surface area contributed by atoms with Crippen LogP contribution in [-0.2, 0) is 0 Å². The van der Waals surface area contributed by atoms with Crippen molar-refractivity contribution >= 4 is 23.3 Å². The van der Waals surface area contributed by atoms with Crippen LogP contribution in [0.1, 0.15) is 16.2 Å². The maximum absolute atomic E-state index is 13.2. The molecule has 7 nitrogen and oxygen atoms in total. The first-order valence-electron chi connectivity index (χ1n) is 8.84. The predicted molar refractivity (Wildman–Crippen MR) is 103 cm³/mol. The lowest BCUT2D eigenvalue weighted by Crippen LogP contribution is -2.49. The Bertz CT molecular complexity index is 1000. The number of benzene rings is 1. The molecule has 9 heteroatoms. The van der Waals surface area contributed by atoms with E-state index in [0.29, 0.717) is 37.6 Å². The van der Waals surface area contributed by atoms with Crippen molar-refractivity contribution < 1.29 is 9.18 Å². The molecule has 4 rings (SSSR count). The van der Waals surface area contributed by atoms with Crippen LogP contribution in [0.15, 0.2) is 43.0 Å². The second-order valence-corrected chi connectivity index (χ2v) is 6.91. The molecular weight excluding hydrogens is 383 g/mol. The van der Waals surface area contributed by atoms with Crippen LogP contribution in [0.4, 0.5) is 10.2 Å². The van der Waals surface area contributed by atoms with Gasteiger partial charge < -0.3 is 9.80 Å². The fourth-order valence-corrected chi connectivity index (χ4v) is 3.45. The molecule has 28 heavy (non-hydrogen) atoms. The van der Waals surface area contributed by atoms with Crippen molar-refractivity contribution in [3.63, 3.8) is 0 Å². The van der Waals surface area contributed by atoms with E-state index in [-0.39, 0.29) is 10.9 Å². The van der Waals surface area contributed by atoms with E-state index < -0.39 is 5.82 Å². The van der Waals surface area contributed by atoms with Gasteiger partial charge >= 0.3 is 0 Å². The summed E-state index contributed by atoms with van der Waals surface area (Å²) in [5, 5.41) is 0.129. The second-order valence-electron chi connectivity index (χ2n) is 6.50. The van der Waals surface area contributed by atoms with Gasteiger partial charge in [0.1, 0.15) is 29.6 Å². The van der Waals surface area contributed by atoms with Crippen LogP contribution in [0.25, 0.3) is 5.82 Å². The van der Waals surface area contributed by atoms with Crippen molar-refractivity contribution in [1.82, 2.24) is 24.4 Å². The Hall–Kier alpha value is -3.00. The topological polar surface area (TPSA) is 67.2 Å². The molecule has 1 saturated heterocycles. The molecule has 0 radical (unpaired) electrons. The van der Waals surface area contributed by atoms with E-state index in [4.69, 9.17) is 11.6 Å². The van der Waals surface area contributed by atoms with E-state index in [1.165, 1.54) is 12.1 Å². The van der Waals surface area contributed by atoms with E-state index >= 15 is 0 Å². The average Bonchev–Trinajstić information content (AvgIpc) is 3.22. The number of nitrogens with zero attached hydrogens (tertiary/aromatic N) is 6. The molecule has 2 aromatic heterocycles. The van der Waals surface area contributed by atoms with Gasteiger partial charge in [0.05, 0.1) is 10.6 Å². The van der Waals surface area contributed by atoms with Crippen LogP contribution < -0.4 is 4.90 Å². The first kappa shape index (κ1) is 18.4. The summed E-state index contributed by atoms with van der Waals surface area (Å²) in [7, 11) is 0. The van der Waals surface area contributed by atoms with Gasteiger partial charge in [0.15, 0.2) is 0 Å². The minimum atomic E-state index is -0.459. The number of halogens is 2. The Morgan fingerprint density at radius 2 is 1.86 bits per heavy atom. The molecule has 3 heterocycles. The minimum absolute atomic E-state index is 0.129. The number of hydrogen-bond acceptors (Lipinski definition) is 5. The van der Waals surface area contributed by atoms with Crippen LogP contribution in [0.3, 0.4) is 0 Å². The molecule has 0 atom stereocenters. The van der Waals surface area contributed by atoms with E-state index in [1.54, 1.807) is 17.4 Å². The fraction of sp³-hybridized carbons (Fsp3) is 0.263. The number of imidazole rings is 1. The number of rotatable bonds is 3. The maximum Gasteiger partial charge on any atom is 0.255 e. The van der Waals surface area contributed by atoms with E-state index in [9.17, 15) is 9.18 Å². The van der Waals surface area contributed by atoms with Gasteiger partial charge in [0, 0.05) is 44.6 Å². The zero-order valence-electron chi connectivity index (χ0n) is 15.2. The van der Waals surface area contributed by atoms with Crippen molar-refractivity contribution in [2.24, 2.45) is 0 Å². The average molecular weight is 401 g/mol. The Morgan fingerprint density at radius 3 is 2.54 bits per heavy atom. The Kier molecular flexibility index (Phi) is 4.95. The largest absolute Gasteiger partial charge is 0.353 e. The Labute approximate surface area is 166 Å². The quantitative estimate of drug-likeness (QED) is 0.676. The monoisotopic (exact) mass is 400 g/mol. The highest BCUT2D eigenvalue weighted by atomic mass is 35.5. The molecule has 1 fully saturated rings. The summed E-state index contributed by atoms with van der Waals surface area (Å²) >= 11 is 6.03. The lowest BCUT2D eigenvalue weighted by atomic mass is 10.1. The first-order chi connectivity index (χ1) is 13.5. The SMILES string of the molecule is Cc1nc(N2CCN(C(=O)c3ccc(F)cc3Cl)CC2)cc(-n2ccnc2)n1. The molecule has 0 unspecified atom stereocenters. The van der Waals surface area contributed by atoms with Crippen LogP contribution in [0.5, 0.6) is 0 Å². The number of hydrogen-bond donors (Lipinski definition) is 0. The molecule has 1 aromatic carbocycles. The summed E-state index contributed by atoms with van der Waals surface area (Å²) in [4.78, 5) is 29.6.